The molecule has 5 rings (SSSR count). The lowest BCUT2D eigenvalue weighted by molar-refractivity contribution is 0.0952. The summed E-state index contributed by atoms with van der Waals surface area (Å²) in [6.45, 7) is 7.66. The zero-order valence-electron chi connectivity index (χ0n) is 23.3. The van der Waals surface area contributed by atoms with Crippen molar-refractivity contribution in [2.24, 2.45) is 0 Å². The Labute approximate surface area is 236 Å². The molecule has 1 fully saturated rings. The average molecular weight is 543 g/mol. The molecule has 0 bridgehead atoms. The Kier molecular flexibility index (Phi) is 9.47. The minimum Gasteiger partial charge on any atom is -0.495 e. The van der Waals surface area contributed by atoms with Crippen LogP contribution in [0.4, 0.5) is 4.39 Å². The van der Waals surface area contributed by atoms with Gasteiger partial charge in [0.05, 0.1) is 18.2 Å². The number of aryl methyl sites for hydroxylation is 2. The molecule has 0 aliphatic carbocycles. The van der Waals surface area contributed by atoms with Crippen LogP contribution in [0.5, 0.6) is 5.75 Å². The molecule has 1 aromatic heterocycles. The van der Waals surface area contributed by atoms with Gasteiger partial charge in [-0.1, -0.05) is 54.6 Å². The van der Waals surface area contributed by atoms with E-state index < -0.39 is 0 Å². The first kappa shape index (κ1) is 27.9. The molecule has 1 saturated heterocycles. The molecule has 4 aromatic rings. The number of methoxy groups -OCH3 is 1. The lowest BCUT2D eigenvalue weighted by Gasteiger charge is -2.34. The summed E-state index contributed by atoms with van der Waals surface area (Å²) >= 11 is 0. The molecule has 40 heavy (non-hydrogen) atoms. The molecular formula is C33H39FN4O2. The van der Waals surface area contributed by atoms with Gasteiger partial charge in [-0.3, -0.25) is 4.79 Å². The second-order valence-electron chi connectivity index (χ2n) is 10.5. The van der Waals surface area contributed by atoms with Gasteiger partial charge in [-0.05, 0) is 61.7 Å². The highest BCUT2D eigenvalue weighted by molar-refractivity contribution is 6.08. The zero-order chi connectivity index (χ0) is 27.7. The van der Waals surface area contributed by atoms with Crippen LogP contribution >= 0.6 is 0 Å². The van der Waals surface area contributed by atoms with E-state index in [-0.39, 0.29) is 18.3 Å². The molecule has 6 nitrogen and oxygen atoms in total. The Bertz CT molecular complexity index is 1400. The molecule has 0 unspecified atom stereocenters. The van der Waals surface area contributed by atoms with E-state index in [1.54, 1.807) is 19.2 Å². The van der Waals surface area contributed by atoms with Gasteiger partial charge >= 0.3 is 0 Å². The number of amides is 1. The topological polar surface area (TPSA) is 49.7 Å². The van der Waals surface area contributed by atoms with Crippen LogP contribution in [0, 0.1) is 5.82 Å². The van der Waals surface area contributed by atoms with Crippen molar-refractivity contribution in [3.8, 4) is 5.75 Å². The van der Waals surface area contributed by atoms with Gasteiger partial charge in [-0.25, -0.2) is 4.39 Å². The van der Waals surface area contributed by atoms with Gasteiger partial charge in [-0.2, -0.15) is 0 Å². The Hall–Kier alpha value is -3.68. The first-order valence-corrected chi connectivity index (χ1v) is 14.3. The largest absolute Gasteiger partial charge is 0.495 e. The first-order chi connectivity index (χ1) is 19.6. The number of hydrogen-bond acceptors (Lipinski definition) is 4. The van der Waals surface area contributed by atoms with Crippen molar-refractivity contribution in [2.45, 2.75) is 32.4 Å². The van der Waals surface area contributed by atoms with Crippen molar-refractivity contribution >= 4 is 16.8 Å². The Morgan fingerprint density at radius 2 is 1.55 bits per heavy atom. The van der Waals surface area contributed by atoms with Crippen LogP contribution < -0.4 is 10.1 Å². The third kappa shape index (κ3) is 7.09. The highest BCUT2D eigenvalue weighted by atomic mass is 19.1. The van der Waals surface area contributed by atoms with E-state index in [0.29, 0.717) is 5.56 Å². The quantitative estimate of drug-likeness (QED) is 0.262. The molecule has 3 aromatic carbocycles. The molecule has 1 amide bonds. The maximum Gasteiger partial charge on any atom is 0.253 e. The maximum absolute atomic E-state index is 13.6. The number of carbonyl (C=O) groups excluding carboxylic acids is 1. The number of nitrogens with one attached hydrogen (secondary N) is 1. The third-order valence-electron chi connectivity index (χ3n) is 7.79. The van der Waals surface area contributed by atoms with E-state index in [1.165, 1.54) is 24.1 Å². The number of piperazine rings is 1. The number of hydrogen-bond donors (Lipinski definition) is 1. The summed E-state index contributed by atoms with van der Waals surface area (Å²) in [6, 6.07) is 22.8. The Morgan fingerprint density at radius 3 is 2.27 bits per heavy atom. The van der Waals surface area contributed by atoms with Crippen molar-refractivity contribution < 1.29 is 13.9 Å². The molecule has 0 saturated carbocycles. The summed E-state index contributed by atoms with van der Waals surface area (Å²) in [5.41, 5.74) is 3.69. The third-order valence-corrected chi connectivity index (χ3v) is 7.79. The molecule has 210 valence electrons. The predicted molar refractivity (Wildman–Crippen MR) is 158 cm³/mol. The normalized spacial score (nSPS) is 14.4. The van der Waals surface area contributed by atoms with E-state index in [4.69, 9.17) is 4.74 Å². The predicted octanol–water partition coefficient (Wildman–Crippen LogP) is 5.36. The number of ether oxygens (including phenoxy) is 1. The van der Waals surface area contributed by atoms with E-state index >= 15 is 0 Å². The number of halogens is 1. The van der Waals surface area contributed by atoms with Gasteiger partial charge in [0.15, 0.2) is 0 Å². The summed E-state index contributed by atoms with van der Waals surface area (Å²) < 4.78 is 21.4. The molecule has 7 heteroatoms. The SMILES string of the molecule is COc1cccc2c(C(=O)NCc3cccc(F)c3)cn(CCCN3CCN(CCCc4ccccc4)CC3)c12. The van der Waals surface area contributed by atoms with Crippen LogP contribution in [0.15, 0.2) is 79.0 Å². The Morgan fingerprint density at radius 1 is 0.850 bits per heavy atom. The van der Waals surface area contributed by atoms with E-state index in [9.17, 15) is 9.18 Å². The number of aromatic nitrogens is 1. The van der Waals surface area contributed by atoms with Crippen LogP contribution in [0.25, 0.3) is 10.9 Å². The van der Waals surface area contributed by atoms with Gasteiger partial charge in [-0.15, -0.1) is 0 Å². The zero-order valence-corrected chi connectivity index (χ0v) is 23.3. The first-order valence-electron chi connectivity index (χ1n) is 14.3. The summed E-state index contributed by atoms with van der Waals surface area (Å²) in [5.74, 6) is 0.271. The van der Waals surface area contributed by atoms with Crippen LogP contribution in [-0.2, 0) is 19.5 Å². The van der Waals surface area contributed by atoms with E-state index in [2.05, 4.69) is 50.0 Å². The number of fused-ring (bicyclic) bond motifs is 1. The maximum atomic E-state index is 13.6. The molecule has 0 radical (unpaired) electrons. The van der Waals surface area contributed by atoms with Crippen molar-refractivity contribution in [3.05, 3.63) is 102 Å². The number of benzene rings is 3. The number of carbonyl (C=O) groups is 1. The molecule has 0 atom stereocenters. The lowest BCUT2D eigenvalue weighted by Crippen LogP contribution is -2.46. The van der Waals surface area contributed by atoms with Gasteiger partial charge in [0.2, 0.25) is 0 Å². The molecule has 2 heterocycles. The lowest BCUT2D eigenvalue weighted by atomic mass is 10.1. The minimum absolute atomic E-state index is 0.176. The van der Waals surface area contributed by atoms with Gasteiger partial charge in [0.25, 0.3) is 5.91 Å². The number of nitrogens with zero attached hydrogens (tertiary/aromatic N) is 3. The second-order valence-corrected chi connectivity index (χ2v) is 10.5. The van der Waals surface area contributed by atoms with Gasteiger partial charge in [0.1, 0.15) is 11.6 Å². The molecule has 1 aliphatic heterocycles. The second kappa shape index (κ2) is 13.6. The summed E-state index contributed by atoms with van der Waals surface area (Å²) in [6.07, 6.45) is 5.25. The van der Waals surface area contributed by atoms with Crippen LogP contribution in [0.2, 0.25) is 0 Å². The van der Waals surface area contributed by atoms with Crippen molar-refractivity contribution in [2.75, 3.05) is 46.4 Å². The van der Waals surface area contributed by atoms with Crippen LogP contribution in [0.3, 0.4) is 0 Å². The van der Waals surface area contributed by atoms with Gasteiger partial charge < -0.3 is 24.4 Å². The fourth-order valence-electron chi connectivity index (χ4n) is 5.62. The highest BCUT2D eigenvalue weighted by Crippen LogP contribution is 2.30. The smallest absolute Gasteiger partial charge is 0.253 e. The fraction of sp³-hybridized carbons (Fsp3) is 0.364. The minimum atomic E-state index is -0.308. The van der Waals surface area contributed by atoms with Crippen molar-refractivity contribution in [1.29, 1.82) is 0 Å². The summed E-state index contributed by atoms with van der Waals surface area (Å²) in [5, 5.41) is 3.81. The van der Waals surface area contributed by atoms with Crippen LogP contribution in [0.1, 0.15) is 34.3 Å². The van der Waals surface area contributed by atoms with E-state index in [1.807, 2.05) is 24.4 Å². The molecule has 1 aliphatic rings. The van der Waals surface area contributed by atoms with E-state index in [0.717, 1.165) is 80.9 Å². The highest BCUT2D eigenvalue weighted by Gasteiger charge is 2.19. The standard InChI is InChI=1S/C33H39FN4O2/c1-40-31-15-6-14-29-30(33(39)35-24-27-11-5-13-28(34)23-27)25-38(32(29)31)18-8-17-37-21-19-36(20-22-37)16-7-12-26-9-3-2-4-10-26/h2-6,9-11,13-15,23,25H,7-8,12,16-22,24H2,1H3,(H,35,39). The van der Waals surface area contributed by atoms with Crippen LogP contribution in [-0.4, -0.2) is 66.7 Å². The fourth-order valence-corrected chi connectivity index (χ4v) is 5.62. The number of para-hydroxylation sites is 1. The van der Waals surface area contributed by atoms with Crippen molar-refractivity contribution in [3.63, 3.8) is 0 Å². The molecular weight excluding hydrogens is 503 g/mol. The molecule has 0 spiro atoms. The summed E-state index contributed by atoms with van der Waals surface area (Å²) in [7, 11) is 1.66. The molecule has 1 N–H and O–H groups in total. The average Bonchev–Trinajstić information content (AvgIpc) is 3.36. The monoisotopic (exact) mass is 542 g/mol. The van der Waals surface area contributed by atoms with Crippen molar-refractivity contribution in [1.82, 2.24) is 19.7 Å². The number of rotatable bonds is 12. The van der Waals surface area contributed by atoms with Gasteiger partial charge in [0, 0.05) is 50.9 Å². The Balaban J connectivity index is 1.14. The summed E-state index contributed by atoms with van der Waals surface area (Å²) in [4.78, 5) is 18.3.